The van der Waals surface area contributed by atoms with Crippen LogP contribution < -0.4 is 5.32 Å². The van der Waals surface area contributed by atoms with Crippen molar-refractivity contribution in [1.82, 2.24) is 10.2 Å². The summed E-state index contributed by atoms with van der Waals surface area (Å²) >= 11 is 0. The highest BCUT2D eigenvalue weighted by molar-refractivity contribution is 6.11. The van der Waals surface area contributed by atoms with E-state index in [4.69, 9.17) is 0 Å². The smallest absolute Gasteiger partial charge is 0.319 e. The van der Waals surface area contributed by atoms with Crippen LogP contribution in [-0.2, 0) is 23.2 Å². The molecule has 1 heterocycles. The average Bonchev–Trinajstić information content (AvgIpc) is 3.38. The maximum Gasteiger partial charge on any atom is 0.325 e. The molecule has 1 aliphatic heterocycles. The van der Waals surface area contributed by atoms with Gasteiger partial charge in [0, 0.05) is 5.56 Å². The van der Waals surface area contributed by atoms with Gasteiger partial charge in [-0.2, -0.15) is 0 Å². The molecule has 3 amide bonds. The lowest BCUT2D eigenvalue weighted by Crippen LogP contribution is -2.41. The fraction of sp³-hybridized carbons (Fsp3) is 0.222. The quantitative estimate of drug-likeness (QED) is 0.485. The first-order valence-corrected chi connectivity index (χ1v) is 10.9. The summed E-state index contributed by atoms with van der Waals surface area (Å²) in [6.07, 6.45) is 3.15. The molecule has 32 heavy (non-hydrogen) atoms. The normalized spacial score (nSPS) is 19.7. The summed E-state index contributed by atoms with van der Waals surface area (Å²) < 4.78 is 0. The molecule has 1 N–H and O–H groups in total. The van der Waals surface area contributed by atoms with Crippen LogP contribution in [0.15, 0.2) is 72.8 Å². The van der Waals surface area contributed by atoms with E-state index in [9.17, 15) is 14.4 Å². The van der Waals surface area contributed by atoms with Gasteiger partial charge in [-0.05, 0) is 54.0 Å². The van der Waals surface area contributed by atoms with E-state index in [1.165, 1.54) is 11.1 Å². The Hall–Kier alpha value is -3.73. The maximum atomic E-state index is 13.2. The fourth-order valence-corrected chi connectivity index (χ4v) is 4.63. The molecule has 1 saturated heterocycles. The molecule has 0 saturated carbocycles. The number of fused-ring (bicyclic) bond motifs is 1. The van der Waals surface area contributed by atoms with Crippen molar-refractivity contribution in [2.75, 3.05) is 6.54 Å². The molecule has 1 fully saturated rings. The summed E-state index contributed by atoms with van der Waals surface area (Å²) in [6, 6.07) is 22.6. The van der Waals surface area contributed by atoms with Crippen molar-refractivity contribution in [3.05, 3.63) is 95.1 Å². The summed E-state index contributed by atoms with van der Waals surface area (Å²) in [5.74, 6) is -0.666. The highest BCUT2D eigenvalue weighted by Crippen LogP contribution is 2.32. The standard InChI is InChI=1S/C27H24N2O3/c1-27(23-15-14-19-8-5-9-22(19)16-23)25(31)29(26(32)28-27)17-24(30)21-12-10-20(11-13-21)18-6-3-2-4-7-18/h2-4,6-7,10-16H,5,8-9,17H2,1H3,(H,28,32)/t27-/m0/s1. The van der Waals surface area contributed by atoms with Crippen LogP contribution in [0.1, 0.15) is 40.4 Å². The van der Waals surface area contributed by atoms with Crippen LogP contribution in [0.3, 0.4) is 0 Å². The van der Waals surface area contributed by atoms with Gasteiger partial charge in [-0.1, -0.05) is 72.8 Å². The first-order chi connectivity index (χ1) is 15.5. The Morgan fingerprint density at radius 3 is 2.34 bits per heavy atom. The number of amides is 3. The van der Waals surface area contributed by atoms with E-state index in [2.05, 4.69) is 5.32 Å². The molecule has 0 aromatic heterocycles. The number of carbonyl (C=O) groups is 3. The number of benzene rings is 3. The summed E-state index contributed by atoms with van der Waals surface area (Å²) in [6.45, 7) is 1.43. The van der Waals surface area contributed by atoms with Crippen molar-refractivity contribution in [3.8, 4) is 11.1 Å². The molecule has 5 heteroatoms. The number of nitrogens with zero attached hydrogens (tertiary/aromatic N) is 1. The second-order valence-electron chi connectivity index (χ2n) is 8.65. The number of imide groups is 1. The predicted octanol–water partition coefficient (Wildman–Crippen LogP) is 4.49. The predicted molar refractivity (Wildman–Crippen MR) is 122 cm³/mol. The van der Waals surface area contributed by atoms with Gasteiger partial charge in [0.2, 0.25) is 0 Å². The third kappa shape index (κ3) is 3.40. The van der Waals surface area contributed by atoms with Crippen LogP contribution in [0.4, 0.5) is 4.79 Å². The molecule has 5 rings (SSSR count). The lowest BCUT2D eigenvalue weighted by atomic mass is 9.89. The molecular weight excluding hydrogens is 400 g/mol. The number of aryl methyl sites for hydroxylation is 2. The Labute approximate surface area is 187 Å². The van der Waals surface area contributed by atoms with Crippen LogP contribution in [0.25, 0.3) is 11.1 Å². The van der Waals surface area contributed by atoms with Gasteiger partial charge in [-0.3, -0.25) is 14.5 Å². The zero-order valence-corrected chi connectivity index (χ0v) is 17.9. The second-order valence-corrected chi connectivity index (χ2v) is 8.65. The summed E-state index contributed by atoms with van der Waals surface area (Å²) in [5.41, 5.74) is 4.67. The van der Waals surface area contributed by atoms with E-state index in [0.717, 1.165) is 40.9 Å². The Morgan fingerprint density at radius 2 is 1.59 bits per heavy atom. The topological polar surface area (TPSA) is 66.5 Å². The van der Waals surface area contributed by atoms with Gasteiger partial charge in [-0.25, -0.2) is 4.79 Å². The van der Waals surface area contributed by atoms with Crippen LogP contribution in [0, 0.1) is 0 Å². The number of hydrogen-bond acceptors (Lipinski definition) is 3. The number of nitrogens with one attached hydrogen (secondary N) is 1. The molecule has 1 aliphatic carbocycles. The molecule has 2 aliphatic rings. The van der Waals surface area contributed by atoms with E-state index in [0.29, 0.717) is 5.56 Å². The van der Waals surface area contributed by atoms with Gasteiger partial charge in [0.25, 0.3) is 5.91 Å². The Morgan fingerprint density at radius 1 is 0.906 bits per heavy atom. The molecule has 160 valence electrons. The van der Waals surface area contributed by atoms with Crippen molar-refractivity contribution in [1.29, 1.82) is 0 Å². The summed E-state index contributed by atoms with van der Waals surface area (Å²) in [7, 11) is 0. The Kier molecular flexibility index (Phi) is 4.89. The van der Waals surface area contributed by atoms with Gasteiger partial charge in [-0.15, -0.1) is 0 Å². The van der Waals surface area contributed by atoms with Gasteiger partial charge < -0.3 is 5.32 Å². The zero-order chi connectivity index (χ0) is 22.3. The molecule has 5 nitrogen and oxygen atoms in total. The van der Waals surface area contributed by atoms with E-state index < -0.39 is 17.5 Å². The van der Waals surface area contributed by atoms with Crippen molar-refractivity contribution in [2.45, 2.75) is 31.7 Å². The van der Waals surface area contributed by atoms with Gasteiger partial charge >= 0.3 is 6.03 Å². The average molecular weight is 425 g/mol. The zero-order valence-electron chi connectivity index (χ0n) is 17.9. The lowest BCUT2D eigenvalue weighted by molar-refractivity contribution is -0.130. The third-order valence-corrected chi connectivity index (χ3v) is 6.57. The summed E-state index contributed by atoms with van der Waals surface area (Å²) in [5, 5.41) is 2.81. The number of urea groups is 1. The highest BCUT2D eigenvalue weighted by atomic mass is 16.2. The van der Waals surface area contributed by atoms with Crippen molar-refractivity contribution in [3.63, 3.8) is 0 Å². The molecule has 3 aromatic carbocycles. The van der Waals surface area contributed by atoms with Crippen LogP contribution in [-0.4, -0.2) is 29.2 Å². The first-order valence-electron chi connectivity index (χ1n) is 10.9. The van der Waals surface area contributed by atoms with E-state index >= 15 is 0 Å². The molecular formula is C27H24N2O3. The Bertz CT molecular complexity index is 1220. The highest BCUT2D eigenvalue weighted by Gasteiger charge is 2.49. The first kappa shape index (κ1) is 20.2. The van der Waals surface area contributed by atoms with Gasteiger partial charge in [0.1, 0.15) is 5.54 Å². The van der Waals surface area contributed by atoms with Crippen LogP contribution in [0.2, 0.25) is 0 Å². The fourth-order valence-electron chi connectivity index (χ4n) is 4.63. The maximum absolute atomic E-state index is 13.2. The van der Waals surface area contributed by atoms with E-state index in [1.54, 1.807) is 19.1 Å². The number of carbonyl (C=O) groups excluding carboxylic acids is 3. The minimum atomic E-state index is -1.16. The minimum absolute atomic E-state index is 0.272. The third-order valence-electron chi connectivity index (χ3n) is 6.57. The number of Topliss-reactive ketones (excluding diaryl/α,β-unsaturated/α-hetero) is 1. The molecule has 0 bridgehead atoms. The minimum Gasteiger partial charge on any atom is -0.319 e. The molecule has 0 radical (unpaired) electrons. The number of ketones is 1. The van der Waals surface area contributed by atoms with Crippen molar-refractivity contribution in [2.24, 2.45) is 0 Å². The second kappa shape index (κ2) is 7.75. The Balaban J connectivity index is 1.34. The molecule has 0 spiro atoms. The van der Waals surface area contributed by atoms with Crippen molar-refractivity contribution >= 4 is 17.7 Å². The molecule has 3 aromatic rings. The number of rotatable bonds is 5. The monoisotopic (exact) mass is 424 g/mol. The van der Waals surface area contributed by atoms with E-state index in [-0.39, 0.29) is 12.3 Å². The van der Waals surface area contributed by atoms with Crippen LogP contribution in [0.5, 0.6) is 0 Å². The van der Waals surface area contributed by atoms with E-state index in [1.807, 2.05) is 60.7 Å². The van der Waals surface area contributed by atoms with Gasteiger partial charge in [0.15, 0.2) is 5.78 Å². The molecule has 0 unspecified atom stereocenters. The lowest BCUT2D eigenvalue weighted by Gasteiger charge is -2.23. The summed E-state index contributed by atoms with van der Waals surface area (Å²) in [4.78, 5) is 39.8. The number of hydrogen-bond donors (Lipinski definition) is 1. The van der Waals surface area contributed by atoms with Crippen LogP contribution >= 0.6 is 0 Å². The molecule has 1 atom stereocenters. The SMILES string of the molecule is C[C@@]1(c2ccc3c(c2)CCC3)NC(=O)N(CC(=O)c2ccc(-c3ccccc3)cc2)C1=O. The largest absolute Gasteiger partial charge is 0.325 e. The van der Waals surface area contributed by atoms with Gasteiger partial charge in [0.05, 0.1) is 6.54 Å². The van der Waals surface area contributed by atoms with Crippen molar-refractivity contribution < 1.29 is 14.4 Å².